The third-order valence-corrected chi connectivity index (χ3v) is 4.32. The van der Waals surface area contributed by atoms with Gasteiger partial charge in [0.05, 0.1) is 10.7 Å². The minimum atomic E-state index is -4.65. The van der Waals surface area contributed by atoms with Crippen LogP contribution in [0.3, 0.4) is 0 Å². The van der Waals surface area contributed by atoms with E-state index in [-0.39, 0.29) is 15.5 Å². The topological polar surface area (TPSA) is 35.9 Å². The Balaban J connectivity index is 2.46. The van der Waals surface area contributed by atoms with Crippen LogP contribution in [0, 0.1) is 18.6 Å². The van der Waals surface area contributed by atoms with E-state index in [1.807, 2.05) is 0 Å². The molecule has 2 aliphatic rings. The molecule has 1 aromatic heterocycles. The summed E-state index contributed by atoms with van der Waals surface area (Å²) in [4.78, 5) is 0. The van der Waals surface area contributed by atoms with Crippen molar-refractivity contribution in [3.8, 4) is 16.8 Å². The smallest absolute Gasteiger partial charge is 0.452 e. The highest BCUT2D eigenvalue weighted by atomic mass is 35.5. The average Bonchev–Trinajstić information content (AvgIpc) is 2.93. The van der Waals surface area contributed by atoms with Gasteiger partial charge in [0.1, 0.15) is 12.0 Å². The molecule has 0 amide bonds. The van der Waals surface area contributed by atoms with Gasteiger partial charge < -0.3 is 4.42 Å². The molecular weight excluding hydrogens is 351 g/mol. The first kappa shape index (κ1) is 16.1. The highest BCUT2D eigenvalue weighted by Gasteiger charge is 2.40. The first-order chi connectivity index (χ1) is 10.6. The molecular formula is C14H11ClF3N3OS. The third-order valence-electron chi connectivity index (χ3n) is 3.60. The number of rotatable bonds is 1. The highest BCUT2D eigenvalue weighted by molar-refractivity contribution is 7.71. The van der Waals surface area contributed by atoms with Crippen molar-refractivity contribution in [2.24, 2.45) is 7.05 Å². The molecule has 4 nitrogen and oxygen atoms in total. The number of fused-ring (bicyclic) bond motifs is 1. The predicted molar refractivity (Wildman–Crippen MR) is 81.7 cm³/mol. The number of hydrogen-bond acceptors (Lipinski definition) is 3. The molecule has 9 heteroatoms. The van der Waals surface area contributed by atoms with Crippen molar-refractivity contribution in [2.75, 3.05) is 0 Å². The fraction of sp³-hybridized carbons (Fsp3) is 0.286. The van der Waals surface area contributed by atoms with Gasteiger partial charge in [-0.25, -0.2) is 4.68 Å². The Morgan fingerprint density at radius 3 is 2.57 bits per heavy atom. The van der Waals surface area contributed by atoms with Gasteiger partial charge in [0, 0.05) is 18.2 Å². The highest BCUT2D eigenvalue weighted by Crippen LogP contribution is 2.43. The number of aryl methyl sites for hydroxylation is 3. The first-order valence-electron chi connectivity index (χ1n) is 6.53. The summed E-state index contributed by atoms with van der Waals surface area (Å²) in [7, 11) is 1.37. The molecule has 0 aromatic carbocycles. The van der Waals surface area contributed by atoms with Crippen LogP contribution in [-0.4, -0.2) is 14.3 Å². The van der Waals surface area contributed by atoms with E-state index in [4.69, 9.17) is 28.2 Å². The van der Waals surface area contributed by atoms with Crippen molar-refractivity contribution in [3.63, 3.8) is 0 Å². The maximum Gasteiger partial charge on any atom is 0.452 e. The van der Waals surface area contributed by atoms with Crippen molar-refractivity contribution in [3.05, 3.63) is 39.3 Å². The first-order valence-corrected chi connectivity index (χ1v) is 7.32. The van der Waals surface area contributed by atoms with Crippen molar-refractivity contribution in [2.45, 2.75) is 20.0 Å². The van der Waals surface area contributed by atoms with Gasteiger partial charge in [0.25, 0.3) is 0 Å². The summed E-state index contributed by atoms with van der Waals surface area (Å²) in [5.74, 6) is -0.530. The molecule has 0 unspecified atom stereocenters. The zero-order chi connectivity index (χ0) is 17.1. The summed E-state index contributed by atoms with van der Waals surface area (Å²) in [5.41, 5.74) is 1.97. The molecule has 1 aliphatic heterocycles. The second kappa shape index (κ2) is 5.10. The molecule has 0 N–H and O–H groups in total. The number of halogens is 4. The molecule has 0 radical (unpaired) electrons. The van der Waals surface area contributed by atoms with Gasteiger partial charge in [-0.1, -0.05) is 11.6 Å². The van der Waals surface area contributed by atoms with Crippen molar-refractivity contribution in [1.29, 1.82) is 0 Å². The second-order valence-electron chi connectivity index (χ2n) is 5.17. The molecule has 0 saturated carbocycles. The van der Waals surface area contributed by atoms with E-state index in [2.05, 4.69) is 5.10 Å². The van der Waals surface area contributed by atoms with E-state index in [1.165, 1.54) is 13.3 Å². The molecule has 1 aliphatic carbocycles. The molecule has 0 saturated heterocycles. The Labute approximate surface area is 139 Å². The number of alkyl halides is 3. The van der Waals surface area contributed by atoms with Gasteiger partial charge in [0.15, 0.2) is 0 Å². The van der Waals surface area contributed by atoms with Gasteiger partial charge in [-0.3, -0.25) is 4.57 Å². The predicted octanol–water partition coefficient (Wildman–Crippen LogP) is 4.93. The third kappa shape index (κ3) is 2.36. The zero-order valence-corrected chi connectivity index (χ0v) is 13.9. The lowest BCUT2D eigenvalue weighted by Gasteiger charge is -2.13. The van der Waals surface area contributed by atoms with Gasteiger partial charge in [-0.15, -0.1) is 5.10 Å². The summed E-state index contributed by atoms with van der Waals surface area (Å²) in [6, 6.07) is 1.73. The van der Waals surface area contributed by atoms with E-state index in [1.54, 1.807) is 19.9 Å². The number of aromatic nitrogens is 3. The van der Waals surface area contributed by atoms with Crippen molar-refractivity contribution >= 4 is 23.8 Å². The van der Waals surface area contributed by atoms with Crippen LogP contribution in [0.2, 0.25) is 5.02 Å². The van der Waals surface area contributed by atoms with E-state index in [0.717, 1.165) is 9.25 Å². The van der Waals surface area contributed by atoms with Crippen molar-refractivity contribution in [1.82, 2.24) is 14.3 Å². The zero-order valence-electron chi connectivity index (χ0n) is 12.3. The lowest BCUT2D eigenvalue weighted by atomic mass is 10.1. The molecule has 2 heterocycles. The van der Waals surface area contributed by atoms with Gasteiger partial charge in [-0.05, 0) is 37.7 Å². The molecule has 3 rings (SSSR count). The maximum absolute atomic E-state index is 13.4. The Kier molecular flexibility index (Phi) is 3.57. The summed E-state index contributed by atoms with van der Waals surface area (Å²) < 4.78 is 47.2. The minimum absolute atomic E-state index is 0.0672. The van der Waals surface area contributed by atoms with E-state index >= 15 is 0 Å². The molecule has 0 bridgehead atoms. The van der Waals surface area contributed by atoms with Crippen LogP contribution in [0.25, 0.3) is 16.8 Å². The standard InChI is InChI=1S/C14H11ClF3N3OS/c1-6-4-8-7(2)22-5-9(15)10(8)11(6)21-12(14(16,17)18)19-20(3)13(21)23/h4-5H,1-3H3. The van der Waals surface area contributed by atoms with Crippen molar-refractivity contribution < 1.29 is 17.6 Å². The summed E-state index contributed by atoms with van der Waals surface area (Å²) >= 11 is 11.3. The summed E-state index contributed by atoms with van der Waals surface area (Å²) in [5, 5.41) is 3.74. The molecule has 122 valence electrons. The Morgan fingerprint density at radius 2 is 1.96 bits per heavy atom. The summed E-state index contributed by atoms with van der Waals surface area (Å²) in [6.07, 6.45) is -3.35. The van der Waals surface area contributed by atoms with Gasteiger partial charge in [0.2, 0.25) is 10.6 Å². The lowest BCUT2D eigenvalue weighted by molar-refractivity contribution is -0.146. The largest absolute Gasteiger partial charge is 0.467 e. The van der Waals surface area contributed by atoms with E-state index in [0.29, 0.717) is 22.5 Å². The number of nitrogens with zero attached hydrogens (tertiary/aromatic N) is 3. The monoisotopic (exact) mass is 361 g/mol. The van der Waals surface area contributed by atoms with Gasteiger partial charge in [-0.2, -0.15) is 13.2 Å². The SMILES string of the molecule is Cc1cc2c(C)occ(Cl)c-2c1-n1c(C(F)(F)F)nn(C)c1=S. The van der Waals surface area contributed by atoms with Crippen LogP contribution in [0.15, 0.2) is 16.7 Å². The molecule has 0 spiro atoms. The van der Waals surface area contributed by atoms with Crippen LogP contribution in [-0.2, 0) is 13.2 Å². The Hall–Kier alpha value is -1.80. The van der Waals surface area contributed by atoms with Crippen LogP contribution < -0.4 is 0 Å². The number of hydrogen-bond donors (Lipinski definition) is 0. The molecule has 0 atom stereocenters. The van der Waals surface area contributed by atoms with Crippen LogP contribution in [0.5, 0.6) is 0 Å². The summed E-state index contributed by atoms with van der Waals surface area (Å²) in [6.45, 7) is 3.41. The fourth-order valence-electron chi connectivity index (χ4n) is 2.60. The molecule has 0 fully saturated rings. The van der Waals surface area contributed by atoms with Crippen LogP contribution in [0.4, 0.5) is 13.2 Å². The van der Waals surface area contributed by atoms with Crippen LogP contribution >= 0.6 is 23.8 Å². The fourth-order valence-corrected chi connectivity index (χ4v) is 3.06. The van der Waals surface area contributed by atoms with Crippen LogP contribution in [0.1, 0.15) is 17.1 Å². The average molecular weight is 362 g/mol. The normalized spacial score (nSPS) is 12.3. The van der Waals surface area contributed by atoms with Gasteiger partial charge >= 0.3 is 6.18 Å². The molecule has 23 heavy (non-hydrogen) atoms. The second-order valence-corrected chi connectivity index (χ2v) is 5.94. The maximum atomic E-state index is 13.4. The Bertz CT molecular complexity index is 938. The lowest BCUT2D eigenvalue weighted by Crippen LogP contribution is -2.14. The van der Waals surface area contributed by atoms with E-state index in [9.17, 15) is 13.2 Å². The van der Waals surface area contributed by atoms with E-state index < -0.39 is 12.0 Å². The molecule has 1 aromatic rings. The quantitative estimate of drug-likeness (QED) is 0.577. The Morgan fingerprint density at radius 1 is 1.30 bits per heavy atom. The minimum Gasteiger partial charge on any atom is -0.467 e.